The van der Waals surface area contributed by atoms with Crippen LogP contribution in [0.2, 0.25) is 0 Å². The molecule has 0 bridgehead atoms. The van der Waals surface area contributed by atoms with Crippen LogP contribution in [0.15, 0.2) is 41.3 Å². The van der Waals surface area contributed by atoms with E-state index in [1.54, 1.807) is 24.1 Å². The number of thiazole rings is 1. The van der Waals surface area contributed by atoms with Crippen molar-refractivity contribution in [3.8, 4) is 0 Å². The molecular formula is C25H35ClN4O3S2. The monoisotopic (exact) mass is 538 g/mol. The number of carbonyl (C=O) groups excluding carboxylic acids is 1. The standard InChI is InChI=1S/C25H34N4O3S2.ClH/c1-7-8-15-28(6)34(31,32)21-12-10-20(11-13-21)24(30)29(17-16-27(4)5)25-26-23-19(3)18(2)9-14-22(23)33-25;/h9-14H,7-8,15-17H2,1-6H3;1H. The second kappa shape index (κ2) is 12.3. The van der Waals surface area contributed by atoms with Gasteiger partial charge in [-0.1, -0.05) is 30.7 Å². The lowest BCUT2D eigenvalue weighted by Gasteiger charge is -2.22. The Kier molecular flexibility index (Phi) is 10.2. The van der Waals surface area contributed by atoms with E-state index in [2.05, 4.69) is 13.0 Å². The fourth-order valence-corrected chi connectivity index (χ4v) is 5.78. The molecule has 3 aromatic rings. The van der Waals surface area contributed by atoms with Gasteiger partial charge in [0.15, 0.2) is 5.13 Å². The van der Waals surface area contributed by atoms with Crippen LogP contribution in [0.5, 0.6) is 0 Å². The lowest BCUT2D eigenvalue weighted by Crippen LogP contribution is -2.36. The van der Waals surface area contributed by atoms with Gasteiger partial charge >= 0.3 is 0 Å². The maximum absolute atomic E-state index is 13.5. The van der Waals surface area contributed by atoms with Crippen molar-refractivity contribution in [1.82, 2.24) is 14.2 Å². The summed E-state index contributed by atoms with van der Waals surface area (Å²) < 4.78 is 28.1. The van der Waals surface area contributed by atoms with Crippen LogP contribution in [-0.2, 0) is 10.0 Å². The number of hydrogen-bond acceptors (Lipinski definition) is 6. The number of benzene rings is 2. The molecule has 2 aromatic carbocycles. The second-order valence-corrected chi connectivity index (χ2v) is 11.9. The molecule has 0 spiro atoms. The first kappa shape index (κ1) is 29.2. The van der Waals surface area contributed by atoms with E-state index in [1.807, 2.05) is 38.9 Å². The van der Waals surface area contributed by atoms with E-state index >= 15 is 0 Å². The fourth-order valence-electron chi connectivity index (χ4n) is 3.52. The third-order valence-electron chi connectivity index (χ3n) is 5.96. The average Bonchev–Trinajstić information content (AvgIpc) is 3.24. The van der Waals surface area contributed by atoms with Gasteiger partial charge in [0.1, 0.15) is 0 Å². The summed E-state index contributed by atoms with van der Waals surface area (Å²) in [7, 11) is 1.93. The van der Waals surface area contributed by atoms with Crippen LogP contribution in [0.25, 0.3) is 10.2 Å². The Labute approximate surface area is 219 Å². The normalized spacial score (nSPS) is 11.8. The van der Waals surface area contributed by atoms with Crippen LogP contribution in [0, 0.1) is 13.8 Å². The maximum atomic E-state index is 13.5. The first-order chi connectivity index (χ1) is 16.1. The van der Waals surface area contributed by atoms with Crippen molar-refractivity contribution in [1.29, 1.82) is 0 Å². The van der Waals surface area contributed by atoms with Gasteiger partial charge in [-0.3, -0.25) is 9.69 Å². The molecule has 0 radical (unpaired) electrons. The van der Waals surface area contributed by atoms with Crippen molar-refractivity contribution < 1.29 is 13.2 Å². The predicted octanol–water partition coefficient (Wildman–Crippen LogP) is 4.96. The van der Waals surface area contributed by atoms with E-state index in [-0.39, 0.29) is 23.2 Å². The van der Waals surface area contributed by atoms with Gasteiger partial charge in [0.2, 0.25) is 10.0 Å². The van der Waals surface area contributed by atoms with Gasteiger partial charge in [-0.25, -0.2) is 17.7 Å². The van der Waals surface area contributed by atoms with E-state index in [4.69, 9.17) is 4.98 Å². The maximum Gasteiger partial charge on any atom is 0.260 e. The van der Waals surface area contributed by atoms with Gasteiger partial charge in [-0.15, -0.1) is 12.4 Å². The average molecular weight is 539 g/mol. The zero-order chi connectivity index (χ0) is 25.0. The number of aryl methyl sites for hydroxylation is 2. The lowest BCUT2D eigenvalue weighted by molar-refractivity contribution is 0.0985. The zero-order valence-electron chi connectivity index (χ0n) is 21.2. The van der Waals surface area contributed by atoms with Gasteiger partial charge in [-0.05, 0) is 75.8 Å². The van der Waals surface area contributed by atoms with Crippen molar-refractivity contribution in [3.05, 3.63) is 53.1 Å². The van der Waals surface area contributed by atoms with Gasteiger partial charge in [0.05, 0.1) is 15.1 Å². The van der Waals surface area contributed by atoms with Gasteiger partial charge in [0.25, 0.3) is 5.91 Å². The topological polar surface area (TPSA) is 73.8 Å². The number of sulfonamides is 1. The number of hydrogen-bond donors (Lipinski definition) is 0. The second-order valence-electron chi connectivity index (χ2n) is 8.82. The molecule has 0 unspecified atom stereocenters. The Hall–Kier alpha value is -2.04. The number of amides is 1. The fraction of sp³-hybridized carbons (Fsp3) is 0.440. The molecule has 1 heterocycles. The number of carbonyl (C=O) groups is 1. The minimum absolute atomic E-state index is 0. The van der Waals surface area contributed by atoms with Crippen LogP contribution in [0.3, 0.4) is 0 Å². The van der Waals surface area contributed by atoms with Crippen molar-refractivity contribution in [2.45, 2.75) is 38.5 Å². The number of likely N-dealkylation sites (N-methyl/N-ethyl adjacent to an activating group) is 1. The first-order valence-corrected chi connectivity index (χ1v) is 13.7. The van der Waals surface area contributed by atoms with Crippen LogP contribution >= 0.6 is 23.7 Å². The summed E-state index contributed by atoms with van der Waals surface area (Å²) in [6, 6.07) is 10.3. The lowest BCUT2D eigenvalue weighted by atomic mass is 10.1. The van der Waals surface area contributed by atoms with Crippen molar-refractivity contribution in [2.24, 2.45) is 0 Å². The van der Waals surface area contributed by atoms with E-state index in [9.17, 15) is 13.2 Å². The highest BCUT2D eigenvalue weighted by atomic mass is 35.5. The van der Waals surface area contributed by atoms with Crippen LogP contribution in [0.4, 0.5) is 5.13 Å². The largest absolute Gasteiger partial charge is 0.308 e. The highest BCUT2D eigenvalue weighted by Gasteiger charge is 2.24. The highest BCUT2D eigenvalue weighted by molar-refractivity contribution is 7.89. The van der Waals surface area contributed by atoms with E-state index in [1.165, 1.54) is 27.8 Å². The van der Waals surface area contributed by atoms with Crippen LogP contribution in [0.1, 0.15) is 41.3 Å². The summed E-state index contributed by atoms with van der Waals surface area (Å²) in [5.74, 6) is -0.196. The van der Waals surface area contributed by atoms with E-state index in [0.29, 0.717) is 30.3 Å². The molecule has 0 aliphatic carbocycles. The number of fused-ring (bicyclic) bond motifs is 1. The van der Waals surface area contributed by atoms with Crippen molar-refractivity contribution >= 4 is 55.0 Å². The smallest absolute Gasteiger partial charge is 0.260 e. The minimum Gasteiger partial charge on any atom is -0.308 e. The molecular weight excluding hydrogens is 504 g/mol. The Morgan fingerprint density at radius 2 is 1.63 bits per heavy atom. The molecule has 0 N–H and O–H groups in total. The Balaban J connectivity index is 0.00000432. The molecule has 192 valence electrons. The zero-order valence-corrected chi connectivity index (χ0v) is 23.7. The predicted molar refractivity (Wildman–Crippen MR) is 148 cm³/mol. The van der Waals surface area contributed by atoms with Gasteiger partial charge in [0, 0.05) is 32.2 Å². The highest BCUT2D eigenvalue weighted by Crippen LogP contribution is 2.32. The molecule has 10 heteroatoms. The molecule has 0 fully saturated rings. The van der Waals surface area contributed by atoms with E-state index in [0.717, 1.165) is 34.2 Å². The molecule has 1 amide bonds. The number of unbranched alkanes of at least 4 members (excludes halogenated alkanes) is 1. The molecule has 0 saturated carbocycles. The van der Waals surface area contributed by atoms with Crippen LogP contribution in [-0.4, -0.2) is 69.3 Å². The summed E-state index contributed by atoms with van der Waals surface area (Å²) in [4.78, 5) is 22.2. The first-order valence-electron chi connectivity index (χ1n) is 11.5. The van der Waals surface area contributed by atoms with Gasteiger partial charge < -0.3 is 4.90 Å². The molecule has 3 rings (SSSR count). The quantitative estimate of drug-likeness (QED) is 0.364. The number of anilines is 1. The van der Waals surface area contributed by atoms with Crippen LogP contribution < -0.4 is 4.90 Å². The molecule has 7 nitrogen and oxygen atoms in total. The third-order valence-corrected chi connectivity index (χ3v) is 8.87. The summed E-state index contributed by atoms with van der Waals surface area (Å²) in [6.07, 6.45) is 1.72. The summed E-state index contributed by atoms with van der Waals surface area (Å²) in [5, 5.41) is 0.645. The molecule has 35 heavy (non-hydrogen) atoms. The van der Waals surface area contributed by atoms with Crippen molar-refractivity contribution in [2.75, 3.05) is 45.7 Å². The third kappa shape index (κ3) is 6.59. The molecule has 0 saturated heterocycles. The Bertz CT molecular complexity index is 1260. The number of aromatic nitrogens is 1. The Morgan fingerprint density at radius 3 is 2.23 bits per heavy atom. The molecule has 0 atom stereocenters. The van der Waals surface area contributed by atoms with E-state index < -0.39 is 10.0 Å². The summed E-state index contributed by atoms with van der Waals surface area (Å²) >= 11 is 1.49. The molecule has 0 aliphatic heterocycles. The minimum atomic E-state index is -3.58. The Morgan fingerprint density at radius 1 is 0.971 bits per heavy atom. The number of nitrogens with zero attached hydrogens (tertiary/aromatic N) is 4. The number of halogens is 1. The molecule has 1 aromatic heterocycles. The van der Waals surface area contributed by atoms with Gasteiger partial charge in [-0.2, -0.15) is 0 Å². The summed E-state index contributed by atoms with van der Waals surface area (Å²) in [6.45, 7) is 7.74. The van der Waals surface area contributed by atoms with Crippen molar-refractivity contribution in [3.63, 3.8) is 0 Å². The molecule has 0 aliphatic rings. The summed E-state index contributed by atoms with van der Waals surface area (Å²) in [5.41, 5.74) is 3.62. The number of rotatable bonds is 10. The SMILES string of the molecule is CCCCN(C)S(=O)(=O)c1ccc(C(=O)N(CCN(C)C)c2nc3c(C)c(C)ccc3s2)cc1.Cl.